The number of amides is 1. The van der Waals surface area contributed by atoms with Crippen LogP contribution in [-0.4, -0.2) is 47.2 Å². The summed E-state index contributed by atoms with van der Waals surface area (Å²) in [5.41, 5.74) is 1.26. The van der Waals surface area contributed by atoms with Crippen LogP contribution in [0, 0.1) is 11.8 Å². The lowest BCUT2D eigenvalue weighted by molar-refractivity contribution is 0.148. The first-order valence-electron chi connectivity index (χ1n) is 6.56. The summed E-state index contributed by atoms with van der Waals surface area (Å²) in [6.45, 7) is 4.31. The Morgan fingerprint density at radius 1 is 1.16 bits per heavy atom. The number of carboxylic acid groups (broad SMARTS) is 1. The molecule has 5 heteroatoms. The molecule has 3 rings (SSSR count). The van der Waals surface area contributed by atoms with Crippen molar-refractivity contribution in [1.82, 2.24) is 9.80 Å². The van der Waals surface area contributed by atoms with Crippen LogP contribution in [0.15, 0.2) is 24.3 Å². The Hall–Kier alpha value is -1.26. The lowest BCUT2D eigenvalue weighted by Gasteiger charge is -2.19. The minimum Gasteiger partial charge on any atom is -0.465 e. The fourth-order valence-electron chi connectivity index (χ4n) is 3.22. The van der Waals surface area contributed by atoms with Crippen LogP contribution in [0.3, 0.4) is 0 Å². The fraction of sp³-hybridized carbons (Fsp3) is 0.500. The van der Waals surface area contributed by atoms with Gasteiger partial charge in [0.25, 0.3) is 0 Å². The average molecular weight is 281 g/mol. The van der Waals surface area contributed by atoms with E-state index in [0.717, 1.165) is 24.7 Å². The molecule has 2 heterocycles. The summed E-state index contributed by atoms with van der Waals surface area (Å²) in [6.07, 6.45) is -0.779. The third-order valence-electron chi connectivity index (χ3n) is 4.15. The topological polar surface area (TPSA) is 43.8 Å². The molecule has 0 aliphatic carbocycles. The summed E-state index contributed by atoms with van der Waals surface area (Å²) in [7, 11) is 0. The van der Waals surface area contributed by atoms with Crippen molar-refractivity contribution in [3.63, 3.8) is 0 Å². The number of nitrogens with zero attached hydrogens (tertiary/aromatic N) is 2. The molecule has 102 valence electrons. The highest BCUT2D eigenvalue weighted by molar-refractivity contribution is 6.30. The number of likely N-dealkylation sites (tertiary alicyclic amines) is 2. The lowest BCUT2D eigenvalue weighted by Crippen LogP contribution is -2.31. The van der Waals surface area contributed by atoms with E-state index in [1.807, 2.05) is 12.1 Å². The zero-order valence-corrected chi connectivity index (χ0v) is 11.4. The third-order valence-corrected chi connectivity index (χ3v) is 4.40. The minimum absolute atomic E-state index is 0.503. The Balaban J connectivity index is 1.57. The number of rotatable bonds is 2. The van der Waals surface area contributed by atoms with Crippen LogP contribution in [0.4, 0.5) is 4.79 Å². The number of hydrogen-bond acceptors (Lipinski definition) is 2. The molecular formula is C14H17ClN2O2. The number of halogens is 1. The molecule has 2 atom stereocenters. The van der Waals surface area contributed by atoms with Crippen molar-refractivity contribution in [2.24, 2.45) is 11.8 Å². The molecule has 1 aromatic rings. The Morgan fingerprint density at radius 3 is 2.26 bits per heavy atom. The maximum Gasteiger partial charge on any atom is 0.407 e. The molecule has 2 saturated heterocycles. The SMILES string of the molecule is O=C(O)N1CC2CN(Cc3ccc(Cl)cc3)CC2C1. The molecule has 0 saturated carbocycles. The van der Waals surface area contributed by atoms with E-state index in [9.17, 15) is 4.79 Å². The Labute approximate surface area is 117 Å². The van der Waals surface area contributed by atoms with Gasteiger partial charge in [0.15, 0.2) is 0 Å². The molecule has 2 fully saturated rings. The molecule has 19 heavy (non-hydrogen) atoms. The standard InChI is InChI=1S/C14H17ClN2O2/c15-13-3-1-10(2-4-13)5-16-6-11-8-17(14(18)19)9-12(11)7-16/h1-4,11-12H,5-9H2,(H,18,19). The molecule has 2 aliphatic rings. The minimum atomic E-state index is -0.779. The second-order valence-corrected chi connectivity index (χ2v) is 5.96. The summed E-state index contributed by atoms with van der Waals surface area (Å²) >= 11 is 5.88. The average Bonchev–Trinajstić information content (AvgIpc) is 2.90. The first kappa shape index (κ1) is 12.8. The van der Waals surface area contributed by atoms with Gasteiger partial charge in [-0.3, -0.25) is 4.90 Å². The van der Waals surface area contributed by atoms with E-state index in [-0.39, 0.29) is 0 Å². The molecule has 4 nitrogen and oxygen atoms in total. The van der Waals surface area contributed by atoms with E-state index < -0.39 is 6.09 Å². The van der Waals surface area contributed by atoms with Crippen molar-refractivity contribution in [1.29, 1.82) is 0 Å². The van der Waals surface area contributed by atoms with Crippen LogP contribution in [0.5, 0.6) is 0 Å². The molecule has 1 N–H and O–H groups in total. The summed E-state index contributed by atoms with van der Waals surface area (Å²) in [4.78, 5) is 14.9. The van der Waals surface area contributed by atoms with E-state index in [2.05, 4.69) is 17.0 Å². The van der Waals surface area contributed by atoms with Gasteiger partial charge in [0.05, 0.1) is 0 Å². The number of hydrogen-bond donors (Lipinski definition) is 1. The van der Waals surface area contributed by atoms with Crippen molar-refractivity contribution < 1.29 is 9.90 Å². The maximum absolute atomic E-state index is 10.9. The van der Waals surface area contributed by atoms with Gasteiger partial charge in [-0.25, -0.2) is 4.79 Å². The lowest BCUT2D eigenvalue weighted by atomic mass is 10.0. The van der Waals surface area contributed by atoms with Crippen LogP contribution in [0.1, 0.15) is 5.56 Å². The highest BCUT2D eigenvalue weighted by atomic mass is 35.5. The van der Waals surface area contributed by atoms with Gasteiger partial charge in [-0.05, 0) is 29.5 Å². The van der Waals surface area contributed by atoms with Gasteiger partial charge < -0.3 is 10.0 Å². The molecule has 1 aromatic carbocycles. The van der Waals surface area contributed by atoms with Crippen molar-refractivity contribution >= 4 is 17.7 Å². The zero-order valence-electron chi connectivity index (χ0n) is 10.6. The van der Waals surface area contributed by atoms with Gasteiger partial charge >= 0.3 is 6.09 Å². The third kappa shape index (κ3) is 2.69. The molecular weight excluding hydrogens is 264 g/mol. The van der Waals surface area contributed by atoms with Crippen LogP contribution in [0.2, 0.25) is 5.02 Å². The van der Waals surface area contributed by atoms with Gasteiger partial charge in [0, 0.05) is 37.7 Å². The van der Waals surface area contributed by atoms with Gasteiger partial charge in [0.1, 0.15) is 0 Å². The molecule has 0 radical (unpaired) electrons. The predicted octanol–water partition coefficient (Wildman–Crippen LogP) is 2.38. The molecule has 0 spiro atoms. The van der Waals surface area contributed by atoms with Gasteiger partial charge in [-0.2, -0.15) is 0 Å². The van der Waals surface area contributed by atoms with E-state index in [0.29, 0.717) is 24.9 Å². The van der Waals surface area contributed by atoms with Gasteiger partial charge in [-0.1, -0.05) is 23.7 Å². The van der Waals surface area contributed by atoms with Crippen molar-refractivity contribution in [2.45, 2.75) is 6.54 Å². The second kappa shape index (κ2) is 5.02. The maximum atomic E-state index is 10.9. The van der Waals surface area contributed by atoms with Crippen LogP contribution in [0.25, 0.3) is 0 Å². The van der Waals surface area contributed by atoms with E-state index in [1.54, 1.807) is 4.90 Å². The fourth-order valence-corrected chi connectivity index (χ4v) is 3.35. The number of benzene rings is 1. The van der Waals surface area contributed by atoms with E-state index >= 15 is 0 Å². The summed E-state index contributed by atoms with van der Waals surface area (Å²) < 4.78 is 0. The monoisotopic (exact) mass is 280 g/mol. The first-order chi connectivity index (χ1) is 9.11. The number of fused-ring (bicyclic) bond motifs is 1. The second-order valence-electron chi connectivity index (χ2n) is 5.53. The normalized spacial score (nSPS) is 26.7. The van der Waals surface area contributed by atoms with Crippen molar-refractivity contribution in [3.05, 3.63) is 34.9 Å². The van der Waals surface area contributed by atoms with Crippen molar-refractivity contribution in [3.8, 4) is 0 Å². The molecule has 0 aromatic heterocycles. The molecule has 0 bridgehead atoms. The van der Waals surface area contributed by atoms with Crippen LogP contribution >= 0.6 is 11.6 Å². The van der Waals surface area contributed by atoms with E-state index in [4.69, 9.17) is 16.7 Å². The van der Waals surface area contributed by atoms with Gasteiger partial charge in [0.2, 0.25) is 0 Å². The largest absolute Gasteiger partial charge is 0.465 e. The molecule has 2 unspecified atom stereocenters. The molecule has 2 aliphatic heterocycles. The number of carbonyl (C=O) groups is 1. The zero-order chi connectivity index (χ0) is 13.4. The first-order valence-corrected chi connectivity index (χ1v) is 6.94. The highest BCUT2D eigenvalue weighted by Crippen LogP contribution is 2.31. The Bertz CT molecular complexity index is 463. The molecule has 1 amide bonds. The van der Waals surface area contributed by atoms with Gasteiger partial charge in [-0.15, -0.1) is 0 Å². The summed E-state index contributed by atoms with van der Waals surface area (Å²) in [5, 5.41) is 9.76. The summed E-state index contributed by atoms with van der Waals surface area (Å²) in [6, 6.07) is 7.94. The van der Waals surface area contributed by atoms with Crippen LogP contribution in [-0.2, 0) is 6.54 Å². The Morgan fingerprint density at radius 2 is 1.74 bits per heavy atom. The summed E-state index contributed by atoms with van der Waals surface area (Å²) in [5.74, 6) is 1.01. The predicted molar refractivity (Wildman–Crippen MR) is 73.3 cm³/mol. The van der Waals surface area contributed by atoms with Crippen molar-refractivity contribution in [2.75, 3.05) is 26.2 Å². The Kier molecular flexibility index (Phi) is 3.37. The quantitative estimate of drug-likeness (QED) is 0.905. The smallest absolute Gasteiger partial charge is 0.407 e. The highest BCUT2D eigenvalue weighted by Gasteiger charge is 2.41. The van der Waals surface area contributed by atoms with E-state index in [1.165, 1.54) is 5.56 Å². The van der Waals surface area contributed by atoms with Crippen LogP contribution < -0.4 is 0 Å².